The molecule has 3 heteroatoms. The third-order valence-corrected chi connectivity index (χ3v) is 12.1. The molecular formula is C55H35NO2. The molecule has 0 N–H and O–H groups in total. The molecule has 1 aromatic heterocycles. The van der Waals surface area contributed by atoms with Crippen molar-refractivity contribution in [3.05, 3.63) is 235 Å². The minimum Gasteiger partial charge on any atom is -0.457 e. The fourth-order valence-corrected chi connectivity index (χ4v) is 9.77. The molecule has 0 amide bonds. The second kappa shape index (κ2) is 12.7. The summed E-state index contributed by atoms with van der Waals surface area (Å²) in [5, 5.41) is 2.41. The summed E-state index contributed by atoms with van der Waals surface area (Å²) < 4.78 is 16.6. The van der Waals surface area contributed by atoms with Gasteiger partial charge in [-0.25, -0.2) is 0 Å². The monoisotopic (exact) mass is 741 g/mol. The summed E-state index contributed by atoms with van der Waals surface area (Å²) in [6.07, 6.45) is 0. The van der Waals surface area contributed by atoms with Gasteiger partial charge in [-0.15, -0.1) is 0 Å². The van der Waals surface area contributed by atoms with Crippen molar-refractivity contribution < 1.29 is 9.47 Å². The molecule has 2 aliphatic rings. The molecule has 0 atom stereocenters. The normalized spacial score (nSPS) is 13.2. The predicted octanol–water partition coefficient (Wildman–Crippen LogP) is 14.4. The van der Waals surface area contributed by atoms with Gasteiger partial charge in [0.15, 0.2) is 0 Å². The van der Waals surface area contributed by atoms with Crippen LogP contribution < -0.4 is 9.47 Å². The van der Waals surface area contributed by atoms with Crippen LogP contribution in [0.2, 0.25) is 0 Å². The van der Waals surface area contributed by atoms with Crippen molar-refractivity contribution in [2.45, 2.75) is 5.41 Å². The molecule has 0 bridgehead atoms. The second-order valence-electron chi connectivity index (χ2n) is 15.1. The Morgan fingerprint density at radius 2 is 0.897 bits per heavy atom. The van der Waals surface area contributed by atoms with E-state index in [0.29, 0.717) is 0 Å². The summed E-state index contributed by atoms with van der Waals surface area (Å²) in [6.45, 7) is 0. The third-order valence-electron chi connectivity index (χ3n) is 12.1. The van der Waals surface area contributed by atoms with Crippen molar-refractivity contribution in [1.29, 1.82) is 0 Å². The molecule has 3 heterocycles. The Kier molecular flexibility index (Phi) is 7.14. The maximum atomic E-state index is 7.42. The number of ether oxygens (including phenoxy) is 2. The Labute approximate surface area is 336 Å². The third kappa shape index (κ3) is 4.62. The zero-order valence-electron chi connectivity index (χ0n) is 31.5. The van der Waals surface area contributed by atoms with Crippen LogP contribution >= 0.6 is 0 Å². The Balaban J connectivity index is 1.23. The Bertz CT molecular complexity index is 3170. The van der Waals surface area contributed by atoms with Gasteiger partial charge in [0.2, 0.25) is 0 Å². The van der Waals surface area contributed by atoms with Gasteiger partial charge in [0, 0.05) is 44.3 Å². The highest BCUT2D eigenvalue weighted by Gasteiger charge is 2.53. The van der Waals surface area contributed by atoms with Crippen LogP contribution in [0, 0.1) is 0 Å². The highest BCUT2D eigenvalue weighted by molar-refractivity contribution is 6.10. The van der Waals surface area contributed by atoms with E-state index in [-0.39, 0.29) is 0 Å². The first kappa shape index (κ1) is 32.6. The molecular weight excluding hydrogens is 707 g/mol. The van der Waals surface area contributed by atoms with E-state index in [4.69, 9.17) is 9.47 Å². The highest BCUT2D eigenvalue weighted by atomic mass is 16.5. The molecule has 0 radical (unpaired) electrons. The molecule has 58 heavy (non-hydrogen) atoms. The van der Waals surface area contributed by atoms with Crippen LogP contribution in [-0.2, 0) is 5.41 Å². The van der Waals surface area contributed by atoms with Gasteiger partial charge in [-0.1, -0.05) is 158 Å². The van der Waals surface area contributed by atoms with Crippen LogP contribution in [0.5, 0.6) is 23.0 Å². The molecule has 0 fully saturated rings. The molecule has 1 spiro atoms. The molecule has 12 rings (SSSR count). The lowest BCUT2D eigenvalue weighted by molar-refractivity contribution is 0.401. The summed E-state index contributed by atoms with van der Waals surface area (Å²) in [6, 6.07) is 75.9. The van der Waals surface area contributed by atoms with Crippen LogP contribution in [0.4, 0.5) is 0 Å². The minimum absolute atomic E-state index is 0.825. The first-order valence-electron chi connectivity index (χ1n) is 19.8. The van der Waals surface area contributed by atoms with Crippen LogP contribution in [0.15, 0.2) is 212 Å². The van der Waals surface area contributed by atoms with E-state index in [9.17, 15) is 0 Å². The quantitative estimate of drug-likeness (QED) is 0.179. The van der Waals surface area contributed by atoms with E-state index in [1.807, 2.05) is 0 Å². The van der Waals surface area contributed by atoms with Gasteiger partial charge >= 0.3 is 0 Å². The lowest BCUT2D eigenvalue weighted by Crippen LogP contribution is -2.38. The molecule has 0 saturated carbocycles. The maximum absolute atomic E-state index is 7.42. The summed E-state index contributed by atoms with van der Waals surface area (Å²) in [7, 11) is 0. The SMILES string of the molecule is c1ccc(-c2ccc(-c3ccccc3)c3c2Oc2cccc(-c4ccc5c(c4)c4ccccc4n5-c4ccccc4)c2C32c3ccccc3Oc3ccccc32)cc1. The number of hydrogen-bond acceptors (Lipinski definition) is 2. The Morgan fingerprint density at radius 3 is 1.62 bits per heavy atom. The largest absolute Gasteiger partial charge is 0.457 e. The number of nitrogens with zero attached hydrogens (tertiary/aromatic N) is 1. The number of hydrogen-bond donors (Lipinski definition) is 0. The van der Waals surface area contributed by atoms with Gasteiger partial charge in [0.05, 0.1) is 16.4 Å². The van der Waals surface area contributed by atoms with Gasteiger partial charge in [0.1, 0.15) is 23.0 Å². The van der Waals surface area contributed by atoms with Crippen molar-refractivity contribution >= 4 is 21.8 Å². The number of para-hydroxylation sites is 4. The van der Waals surface area contributed by atoms with E-state index >= 15 is 0 Å². The van der Waals surface area contributed by atoms with Crippen LogP contribution in [0.25, 0.3) is 60.9 Å². The molecule has 2 aliphatic heterocycles. The number of rotatable bonds is 4. The molecule has 9 aromatic carbocycles. The predicted molar refractivity (Wildman–Crippen MR) is 236 cm³/mol. The fourth-order valence-electron chi connectivity index (χ4n) is 9.77. The van der Waals surface area contributed by atoms with E-state index in [2.05, 4.69) is 217 Å². The van der Waals surface area contributed by atoms with Gasteiger partial charge < -0.3 is 14.0 Å². The van der Waals surface area contributed by atoms with Crippen molar-refractivity contribution in [2.75, 3.05) is 0 Å². The molecule has 3 nitrogen and oxygen atoms in total. The van der Waals surface area contributed by atoms with Crippen molar-refractivity contribution in [3.63, 3.8) is 0 Å². The fraction of sp³-hybridized carbons (Fsp3) is 0.0182. The molecule has 272 valence electrons. The highest BCUT2D eigenvalue weighted by Crippen LogP contribution is 2.66. The number of aromatic nitrogens is 1. The Morgan fingerprint density at radius 1 is 0.345 bits per heavy atom. The van der Waals surface area contributed by atoms with Crippen molar-refractivity contribution in [2.24, 2.45) is 0 Å². The lowest BCUT2D eigenvalue weighted by atomic mass is 9.59. The molecule has 0 saturated heterocycles. The van der Waals surface area contributed by atoms with Crippen LogP contribution in [0.3, 0.4) is 0 Å². The van der Waals surface area contributed by atoms with Crippen molar-refractivity contribution in [3.8, 4) is 62.1 Å². The van der Waals surface area contributed by atoms with Gasteiger partial charge in [-0.3, -0.25) is 0 Å². The van der Waals surface area contributed by atoms with Crippen molar-refractivity contribution in [1.82, 2.24) is 4.57 Å². The van der Waals surface area contributed by atoms with Crippen LogP contribution in [0.1, 0.15) is 22.3 Å². The van der Waals surface area contributed by atoms with Crippen LogP contribution in [-0.4, -0.2) is 4.57 Å². The van der Waals surface area contributed by atoms with E-state index < -0.39 is 5.41 Å². The molecule has 0 aliphatic carbocycles. The topological polar surface area (TPSA) is 23.4 Å². The van der Waals surface area contributed by atoms with E-state index in [1.165, 1.54) is 16.3 Å². The zero-order valence-corrected chi connectivity index (χ0v) is 31.5. The first-order valence-corrected chi connectivity index (χ1v) is 19.8. The average molecular weight is 742 g/mol. The lowest BCUT2D eigenvalue weighted by Gasteiger charge is -2.47. The summed E-state index contributed by atoms with van der Waals surface area (Å²) in [4.78, 5) is 0. The molecule has 10 aromatic rings. The minimum atomic E-state index is -0.839. The summed E-state index contributed by atoms with van der Waals surface area (Å²) in [5.74, 6) is 3.34. The number of fused-ring (bicyclic) bond motifs is 11. The molecule has 0 unspecified atom stereocenters. The van der Waals surface area contributed by atoms with Gasteiger partial charge in [-0.05, 0) is 82.4 Å². The Hall–Kier alpha value is -7.62. The number of benzene rings is 9. The standard InChI is InChI=1S/C55H35NO2/c1-4-17-36(18-5-1)41-32-33-42(37-19-6-2-7-20-37)54-53(41)55(45-25-11-14-28-49(45)57-50-29-15-12-26-46(50)55)52-40(24-16-30-51(52)58-54)38-31-34-48-44(35-38)43-23-10-13-27-47(43)56(48)39-21-8-3-9-22-39/h1-35H. The van der Waals surface area contributed by atoms with Gasteiger partial charge in [-0.2, -0.15) is 0 Å². The smallest absolute Gasteiger partial charge is 0.140 e. The zero-order chi connectivity index (χ0) is 38.2. The second-order valence-corrected chi connectivity index (χ2v) is 15.1. The maximum Gasteiger partial charge on any atom is 0.140 e. The summed E-state index contributed by atoms with van der Waals surface area (Å²) >= 11 is 0. The van der Waals surface area contributed by atoms with E-state index in [0.717, 1.165) is 89.8 Å². The average Bonchev–Trinajstić information content (AvgIpc) is 3.63. The summed E-state index contributed by atoms with van der Waals surface area (Å²) in [5.41, 5.74) is 13.6. The van der Waals surface area contributed by atoms with Gasteiger partial charge in [0.25, 0.3) is 0 Å². The van der Waals surface area contributed by atoms with E-state index in [1.54, 1.807) is 0 Å². The first-order chi connectivity index (χ1) is 28.8.